The number of anilines is 2. The molecular weight excluding hydrogens is 342 g/mol. The van der Waals surface area contributed by atoms with Crippen molar-refractivity contribution in [2.45, 2.75) is 12.8 Å². The minimum atomic E-state index is -0.210. The molecule has 2 fully saturated rings. The Morgan fingerprint density at radius 3 is 2.52 bits per heavy atom. The van der Waals surface area contributed by atoms with Gasteiger partial charge >= 0.3 is 0 Å². The van der Waals surface area contributed by atoms with Gasteiger partial charge in [-0.25, -0.2) is 5.10 Å². The summed E-state index contributed by atoms with van der Waals surface area (Å²) >= 11 is 0. The van der Waals surface area contributed by atoms with E-state index in [2.05, 4.69) is 32.1 Å². The standard InChI is InChI=1S/C20H25N5O2/c26-19-13-18(14-21-22-19)25-8-4-5-16(15-25)20(27)24-11-9-23(10-12-24)17-6-2-1-3-7-17/h1-3,6-7,13-14,16H,4-5,8-12,15H2,(H,22,26)/t16-/m1/s1. The highest BCUT2D eigenvalue weighted by molar-refractivity contribution is 5.80. The van der Waals surface area contributed by atoms with Crippen LogP contribution in [0.5, 0.6) is 0 Å². The average Bonchev–Trinajstić information content (AvgIpc) is 2.74. The second-order valence-corrected chi connectivity index (χ2v) is 7.24. The fraction of sp³-hybridized carbons (Fsp3) is 0.450. The molecule has 2 aliphatic heterocycles. The Balaban J connectivity index is 1.36. The quantitative estimate of drug-likeness (QED) is 0.886. The van der Waals surface area contributed by atoms with Crippen molar-refractivity contribution in [1.82, 2.24) is 15.1 Å². The predicted octanol–water partition coefficient (Wildman–Crippen LogP) is 1.34. The number of nitrogens with zero attached hydrogens (tertiary/aromatic N) is 4. The van der Waals surface area contributed by atoms with E-state index >= 15 is 0 Å². The maximum absolute atomic E-state index is 13.0. The van der Waals surface area contributed by atoms with Crippen molar-refractivity contribution in [2.24, 2.45) is 5.92 Å². The summed E-state index contributed by atoms with van der Waals surface area (Å²) in [6, 6.07) is 11.9. The number of carbonyl (C=O) groups is 1. The summed E-state index contributed by atoms with van der Waals surface area (Å²) in [5.41, 5.74) is 1.80. The third-order valence-corrected chi connectivity index (χ3v) is 5.50. The maximum atomic E-state index is 13.0. The summed E-state index contributed by atoms with van der Waals surface area (Å²) in [5, 5.41) is 6.28. The zero-order valence-corrected chi connectivity index (χ0v) is 15.4. The number of piperazine rings is 1. The van der Waals surface area contributed by atoms with Gasteiger partial charge in [-0.1, -0.05) is 18.2 Å². The van der Waals surface area contributed by atoms with Crippen LogP contribution < -0.4 is 15.4 Å². The highest BCUT2D eigenvalue weighted by Gasteiger charge is 2.31. The van der Waals surface area contributed by atoms with Crippen molar-refractivity contribution in [3.05, 3.63) is 52.9 Å². The van der Waals surface area contributed by atoms with Gasteiger partial charge in [-0.3, -0.25) is 9.59 Å². The molecule has 2 aromatic rings. The molecule has 2 saturated heterocycles. The average molecular weight is 367 g/mol. The van der Waals surface area contributed by atoms with Crippen LogP contribution in [-0.2, 0) is 4.79 Å². The highest BCUT2D eigenvalue weighted by atomic mass is 16.2. The van der Waals surface area contributed by atoms with Crippen molar-refractivity contribution in [1.29, 1.82) is 0 Å². The second kappa shape index (κ2) is 7.82. The molecule has 0 saturated carbocycles. The molecule has 142 valence electrons. The first-order chi connectivity index (χ1) is 13.2. The van der Waals surface area contributed by atoms with Crippen LogP contribution in [0.3, 0.4) is 0 Å². The summed E-state index contributed by atoms with van der Waals surface area (Å²) < 4.78 is 0. The van der Waals surface area contributed by atoms with Crippen LogP contribution in [0.25, 0.3) is 0 Å². The topological polar surface area (TPSA) is 72.5 Å². The van der Waals surface area contributed by atoms with Gasteiger partial charge in [0.05, 0.1) is 17.8 Å². The van der Waals surface area contributed by atoms with Crippen LogP contribution in [0.2, 0.25) is 0 Å². The third kappa shape index (κ3) is 3.97. The monoisotopic (exact) mass is 367 g/mol. The van der Waals surface area contributed by atoms with Gasteiger partial charge in [-0.2, -0.15) is 5.10 Å². The number of rotatable bonds is 3. The number of aromatic amines is 1. The molecule has 0 aliphatic carbocycles. The van der Waals surface area contributed by atoms with E-state index < -0.39 is 0 Å². The molecule has 7 heteroatoms. The van der Waals surface area contributed by atoms with Gasteiger partial charge in [0.1, 0.15) is 0 Å². The summed E-state index contributed by atoms with van der Waals surface area (Å²) in [5.74, 6) is 0.228. The first-order valence-electron chi connectivity index (χ1n) is 9.59. The van der Waals surface area contributed by atoms with E-state index in [0.717, 1.165) is 51.3 Å². The van der Waals surface area contributed by atoms with E-state index in [1.807, 2.05) is 23.1 Å². The van der Waals surface area contributed by atoms with Gasteiger partial charge in [-0.15, -0.1) is 0 Å². The van der Waals surface area contributed by atoms with Gasteiger partial charge < -0.3 is 14.7 Å². The maximum Gasteiger partial charge on any atom is 0.266 e. The Morgan fingerprint density at radius 2 is 1.78 bits per heavy atom. The second-order valence-electron chi connectivity index (χ2n) is 7.24. The molecule has 0 spiro atoms. The van der Waals surface area contributed by atoms with Gasteiger partial charge in [0.25, 0.3) is 5.56 Å². The number of H-pyrrole nitrogens is 1. The van der Waals surface area contributed by atoms with Crippen molar-refractivity contribution in [2.75, 3.05) is 49.1 Å². The fourth-order valence-corrected chi connectivity index (χ4v) is 4.03. The Hall–Kier alpha value is -2.83. The largest absolute Gasteiger partial charge is 0.369 e. The van der Waals surface area contributed by atoms with E-state index in [1.165, 1.54) is 5.69 Å². The van der Waals surface area contributed by atoms with Gasteiger partial charge in [0.15, 0.2) is 0 Å². The number of benzene rings is 1. The smallest absolute Gasteiger partial charge is 0.266 e. The lowest BCUT2D eigenvalue weighted by Crippen LogP contribution is -2.52. The molecule has 3 heterocycles. The van der Waals surface area contributed by atoms with E-state index in [1.54, 1.807) is 12.3 Å². The molecular formula is C20H25N5O2. The highest BCUT2D eigenvalue weighted by Crippen LogP contribution is 2.24. The van der Waals surface area contributed by atoms with Gasteiger partial charge in [0.2, 0.25) is 5.91 Å². The molecule has 7 nitrogen and oxygen atoms in total. The van der Waals surface area contributed by atoms with E-state index in [4.69, 9.17) is 0 Å². The molecule has 1 atom stereocenters. The number of para-hydroxylation sites is 1. The summed E-state index contributed by atoms with van der Waals surface area (Å²) in [4.78, 5) is 31.0. The van der Waals surface area contributed by atoms with Crippen LogP contribution in [0, 0.1) is 5.92 Å². The molecule has 27 heavy (non-hydrogen) atoms. The van der Waals surface area contributed by atoms with Crippen LogP contribution in [0.15, 0.2) is 47.4 Å². The number of amides is 1. The first kappa shape index (κ1) is 17.6. The van der Waals surface area contributed by atoms with Gasteiger partial charge in [0, 0.05) is 51.0 Å². The summed E-state index contributed by atoms with van der Waals surface area (Å²) in [6.45, 7) is 4.77. The number of piperidine rings is 1. The normalized spacial score (nSPS) is 20.6. The molecule has 0 unspecified atom stereocenters. The molecule has 1 amide bonds. The summed E-state index contributed by atoms with van der Waals surface area (Å²) in [7, 11) is 0. The minimum Gasteiger partial charge on any atom is -0.369 e. The van der Waals surface area contributed by atoms with Crippen LogP contribution in [-0.4, -0.2) is 60.3 Å². The number of hydrogen-bond donors (Lipinski definition) is 1. The van der Waals surface area contributed by atoms with Crippen LogP contribution in [0.4, 0.5) is 11.4 Å². The Kier molecular flexibility index (Phi) is 5.09. The number of hydrogen-bond acceptors (Lipinski definition) is 5. The lowest BCUT2D eigenvalue weighted by molar-refractivity contribution is -0.136. The predicted molar refractivity (Wildman–Crippen MR) is 105 cm³/mol. The van der Waals surface area contributed by atoms with Crippen molar-refractivity contribution < 1.29 is 4.79 Å². The lowest BCUT2D eigenvalue weighted by atomic mass is 9.96. The molecule has 4 rings (SSSR count). The van der Waals surface area contributed by atoms with Crippen molar-refractivity contribution in [3.63, 3.8) is 0 Å². The molecule has 1 aromatic carbocycles. The Bertz CT molecular complexity index is 830. The Morgan fingerprint density at radius 1 is 1.00 bits per heavy atom. The van der Waals surface area contributed by atoms with Crippen LogP contribution >= 0.6 is 0 Å². The molecule has 0 radical (unpaired) electrons. The van der Waals surface area contributed by atoms with Crippen molar-refractivity contribution in [3.8, 4) is 0 Å². The minimum absolute atomic E-state index is 0.0127. The molecule has 1 N–H and O–H groups in total. The number of carbonyl (C=O) groups excluding carboxylic acids is 1. The number of aromatic nitrogens is 2. The summed E-state index contributed by atoms with van der Waals surface area (Å²) in [6.07, 6.45) is 3.52. The van der Waals surface area contributed by atoms with E-state index in [9.17, 15) is 9.59 Å². The first-order valence-corrected chi connectivity index (χ1v) is 9.59. The lowest BCUT2D eigenvalue weighted by Gasteiger charge is -2.40. The zero-order valence-electron chi connectivity index (χ0n) is 15.4. The van der Waals surface area contributed by atoms with Crippen molar-refractivity contribution >= 4 is 17.3 Å². The zero-order chi connectivity index (χ0) is 18.6. The molecule has 0 bridgehead atoms. The van der Waals surface area contributed by atoms with Crippen LogP contribution in [0.1, 0.15) is 12.8 Å². The van der Waals surface area contributed by atoms with Gasteiger partial charge in [-0.05, 0) is 25.0 Å². The van der Waals surface area contributed by atoms with E-state index in [0.29, 0.717) is 6.54 Å². The molecule has 2 aliphatic rings. The number of nitrogens with one attached hydrogen (secondary N) is 1. The fourth-order valence-electron chi connectivity index (χ4n) is 4.03. The third-order valence-electron chi connectivity index (χ3n) is 5.50. The SMILES string of the molecule is O=C([C@@H]1CCCN(c2cn[nH]c(=O)c2)C1)N1CCN(c2ccccc2)CC1. The van der Waals surface area contributed by atoms with E-state index in [-0.39, 0.29) is 17.4 Å². The Labute approximate surface area is 158 Å². The molecule has 1 aromatic heterocycles.